The van der Waals surface area contributed by atoms with Crippen LogP contribution in [0.15, 0.2) is 54.6 Å². The van der Waals surface area contributed by atoms with Gasteiger partial charge in [0.15, 0.2) is 0 Å². The van der Waals surface area contributed by atoms with Gasteiger partial charge in [0.05, 0.1) is 10.4 Å². The van der Waals surface area contributed by atoms with Gasteiger partial charge in [-0.1, -0.05) is 64.5 Å². The molecule has 0 radical (unpaired) electrons. The highest BCUT2D eigenvalue weighted by Crippen LogP contribution is 2.39. The Labute approximate surface area is 112 Å². The van der Waals surface area contributed by atoms with Crippen LogP contribution in [0.1, 0.15) is 21.5 Å². The predicted molar refractivity (Wildman–Crippen MR) is 68.7 cm³/mol. The van der Waals surface area contributed by atoms with Crippen molar-refractivity contribution in [1.29, 1.82) is 0 Å². The summed E-state index contributed by atoms with van der Waals surface area (Å²) in [6.45, 7) is 0. The lowest BCUT2D eigenvalue weighted by Crippen LogP contribution is -2.10. The number of rotatable bonds is 2. The zero-order chi connectivity index (χ0) is 13.2. The van der Waals surface area contributed by atoms with Crippen molar-refractivity contribution in [2.24, 2.45) is 0 Å². The number of halogens is 4. The molecule has 0 aliphatic carbocycles. The molecule has 1 atom stereocenters. The summed E-state index contributed by atoms with van der Waals surface area (Å²) in [5.41, 5.74) is 0.432. The third-order valence-electron chi connectivity index (χ3n) is 2.63. The van der Waals surface area contributed by atoms with E-state index in [1.165, 1.54) is 12.1 Å². The van der Waals surface area contributed by atoms with Crippen LogP contribution in [0.2, 0.25) is 0 Å². The summed E-state index contributed by atoms with van der Waals surface area (Å²) in [5, 5.41) is 0. The molecular formula is C14H10BrF3. The van der Waals surface area contributed by atoms with Crippen LogP contribution in [0.3, 0.4) is 0 Å². The Morgan fingerprint density at radius 2 is 1.39 bits per heavy atom. The highest BCUT2D eigenvalue weighted by atomic mass is 79.9. The minimum absolute atomic E-state index is 0.233. The van der Waals surface area contributed by atoms with E-state index >= 15 is 0 Å². The summed E-state index contributed by atoms with van der Waals surface area (Å²) < 4.78 is 38.7. The lowest BCUT2D eigenvalue weighted by molar-refractivity contribution is -0.138. The minimum atomic E-state index is -4.34. The van der Waals surface area contributed by atoms with Crippen molar-refractivity contribution in [3.05, 3.63) is 71.3 Å². The van der Waals surface area contributed by atoms with Crippen molar-refractivity contribution in [3.63, 3.8) is 0 Å². The first kappa shape index (κ1) is 13.1. The monoisotopic (exact) mass is 314 g/mol. The van der Waals surface area contributed by atoms with Crippen molar-refractivity contribution < 1.29 is 13.2 Å². The van der Waals surface area contributed by atoms with E-state index in [4.69, 9.17) is 0 Å². The molecule has 0 saturated carbocycles. The lowest BCUT2D eigenvalue weighted by atomic mass is 9.99. The Morgan fingerprint density at radius 3 is 2.00 bits per heavy atom. The smallest absolute Gasteiger partial charge is 0.166 e. The molecule has 0 N–H and O–H groups in total. The zero-order valence-electron chi connectivity index (χ0n) is 9.29. The Kier molecular flexibility index (Phi) is 3.76. The second kappa shape index (κ2) is 5.14. The Bertz CT molecular complexity index is 520. The molecule has 0 bridgehead atoms. The third kappa shape index (κ3) is 2.75. The van der Waals surface area contributed by atoms with Gasteiger partial charge in [-0.15, -0.1) is 0 Å². The zero-order valence-corrected chi connectivity index (χ0v) is 10.9. The van der Waals surface area contributed by atoms with Gasteiger partial charge in [-0.25, -0.2) is 0 Å². The molecule has 0 nitrogen and oxygen atoms in total. The molecule has 0 fully saturated rings. The van der Waals surface area contributed by atoms with E-state index in [0.717, 1.165) is 11.6 Å². The Hall–Kier alpha value is -1.29. The molecule has 0 aliphatic rings. The first-order chi connectivity index (χ1) is 8.50. The van der Waals surface area contributed by atoms with Crippen LogP contribution in [0, 0.1) is 0 Å². The summed E-state index contributed by atoms with van der Waals surface area (Å²) in [6.07, 6.45) is -4.34. The van der Waals surface area contributed by atoms with Gasteiger partial charge in [0.25, 0.3) is 0 Å². The molecule has 0 heterocycles. The molecule has 0 aromatic heterocycles. The van der Waals surface area contributed by atoms with Gasteiger partial charge in [0.1, 0.15) is 0 Å². The quantitative estimate of drug-likeness (QED) is 0.669. The predicted octanol–water partition coefficient (Wildman–Crippen LogP) is 5.19. The molecule has 2 aromatic carbocycles. The Balaban J connectivity index is 2.46. The van der Waals surface area contributed by atoms with Gasteiger partial charge in [-0.2, -0.15) is 13.2 Å². The first-order valence-electron chi connectivity index (χ1n) is 5.35. The summed E-state index contributed by atoms with van der Waals surface area (Å²) in [5.74, 6) is 0. The van der Waals surface area contributed by atoms with Crippen molar-refractivity contribution in [2.75, 3.05) is 0 Å². The van der Waals surface area contributed by atoms with E-state index in [1.807, 2.05) is 6.07 Å². The number of hydrogen-bond donors (Lipinski definition) is 0. The molecular weight excluding hydrogens is 305 g/mol. The van der Waals surface area contributed by atoms with E-state index in [1.54, 1.807) is 30.3 Å². The Morgan fingerprint density at radius 1 is 0.833 bits per heavy atom. The SMILES string of the molecule is FC(F)(F)c1ccccc1C(Br)c1ccccc1. The van der Waals surface area contributed by atoms with Crippen molar-refractivity contribution in [3.8, 4) is 0 Å². The lowest BCUT2D eigenvalue weighted by Gasteiger charge is -2.17. The maximum atomic E-state index is 12.9. The summed E-state index contributed by atoms with van der Waals surface area (Å²) in [4.78, 5) is -0.462. The molecule has 94 valence electrons. The van der Waals surface area contributed by atoms with Gasteiger partial charge < -0.3 is 0 Å². The van der Waals surface area contributed by atoms with Crippen LogP contribution in [0.5, 0.6) is 0 Å². The third-order valence-corrected chi connectivity index (χ3v) is 3.65. The molecule has 2 aromatic rings. The van der Waals surface area contributed by atoms with Gasteiger partial charge >= 0.3 is 6.18 Å². The van der Waals surface area contributed by atoms with Gasteiger partial charge in [-0.05, 0) is 17.2 Å². The molecule has 0 saturated heterocycles. The molecule has 18 heavy (non-hydrogen) atoms. The highest BCUT2D eigenvalue weighted by molar-refractivity contribution is 9.09. The van der Waals surface area contributed by atoms with Crippen molar-refractivity contribution in [2.45, 2.75) is 11.0 Å². The van der Waals surface area contributed by atoms with E-state index in [-0.39, 0.29) is 5.56 Å². The van der Waals surface area contributed by atoms with Crippen molar-refractivity contribution in [1.82, 2.24) is 0 Å². The molecule has 2 rings (SSSR count). The average molecular weight is 315 g/mol. The average Bonchev–Trinajstić information content (AvgIpc) is 2.38. The van der Waals surface area contributed by atoms with Crippen LogP contribution < -0.4 is 0 Å². The maximum Gasteiger partial charge on any atom is 0.416 e. The normalized spacial score (nSPS) is 13.3. The molecule has 0 aliphatic heterocycles. The molecule has 0 amide bonds. The second-order valence-electron chi connectivity index (χ2n) is 3.86. The molecule has 4 heteroatoms. The first-order valence-corrected chi connectivity index (χ1v) is 6.27. The van der Waals surface area contributed by atoms with Gasteiger partial charge in [0, 0.05) is 0 Å². The number of benzene rings is 2. The topological polar surface area (TPSA) is 0 Å². The maximum absolute atomic E-state index is 12.9. The number of hydrogen-bond acceptors (Lipinski definition) is 0. The van der Waals surface area contributed by atoms with Gasteiger partial charge in [0.2, 0.25) is 0 Å². The summed E-state index contributed by atoms with van der Waals surface area (Å²) >= 11 is 3.34. The fourth-order valence-electron chi connectivity index (χ4n) is 1.78. The van der Waals surface area contributed by atoms with Crippen LogP contribution in [-0.2, 0) is 6.18 Å². The van der Waals surface area contributed by atoms with Crippen molar-refractivity contribution >= 4 is 15.9 Å². The standard InChI is InChI=1S/C14H10BrF3/c15-13(10-6-2-1-3-7-10)11-8-4-5-9-12(11)14(16,17)18/h1-9,13H. The highest BCUT2D eigenvalue weighted by Gasteiger charge is 2.34. The van der Waals surface area contributed by atoms with E-state index < -0.39 is 16.6 Å². The van der Waals surface area contributed by atoms with Crippen LogP contribution in [-0.4, -0.2) is 0 Å². The fraction of sp³-hybridized carbons (Fsp3) is 0.143. The fourth-order valence-corrected chi connectivity index (χ4v) is 2.48. The van der Waals surface area contributed by atoms with Gasteiger partial charge in [-0.3, -0.25) is 0 Å². The van der Waals surface area contributed by atoms with Crippen LogP contribution >= 0.6 is 15.9 Å². The molecule has 0 spiro atoms. The van der Waals surface area contributed by atoms with Crippen LogP contribution in [0.4, 0.5) is 13.2 Å². The van der Waals surface area contributed by atoms with E-state index in [0.29, 0.717) is 0 Å². The molecule has 1 unspecified atom stereocenters. The summed E-state index contributed by atoms with van der Waals surface area (Å²) in [7, 11) is 0. The summed E-state index contributed by atoms with van der Waals surface area (Å²) in [6, 6.07) is 14.7. The number of alkyl halides is 4. The van der Waals surface area contributed by atoms with Crippen LogP contribution in [0.25, 0.3) is 0 Å². The minimum Gasteiger partial charge on any atom is -0.166 e. The largest absolute Gasteiger partial charge is 0.416 e. The second-order valence-corrected chi connectivity index (χ2v) is 4.77. The van der Waals surface area contributed by atoms with E-state index in [9.17, 15) is 13.2 Å². The van der Waals surface area contributed by atoms with E-state index in [2.05, 4.69) is 15.9 Å².